The maximum absolute atomic E-state index is 10.2. The van der Waals surface area contributed by atoms with Crippen molar-refractivity contribution in [1.29, 1.82) is 0 Å². The zero-order chi connectivity index (χ0) is 16.3. The van der Waals surface area contributed by atoms with E-state index in [9.17, 15) is 10.2 Å². The van der Waals surface area contributed by atoms with Gasteiger partial charge in [-0.25, -0.2) is 0 Å². The Hall–Kier alpha value is -0.120. The van der Waals surface area contributed by atoms with Crippen LogP contribution in [0.25, 0.3) is 0 Å². The molecule has 0 amide bonds. The molecular formula is C18H39NO2. The van der Waals surface area contributed by atoms with Crippen molar-refractivity contribution in [3.05, 3.63) is 0 Å². The van der Waals surface area contributed by atoms with Crippen LogP contribution in [0.4, 0.5) is 0 Å². The van der Waals surface area contributed by atoms with Crippen LogP contribution in [0.2, 0.25) is 0 Å². The van der Waals surface area contributed by atoms with Crippen molar-refractivity contribution < 1.29 is 10.2 Å². The molecule has 2 N–H and O–H groups in total. The summed E-state index contributed by atoms with van der Waals surface area (Å²) in [6, 6.07) is 0. The summed E-state index contributed by atoms with van der Waals surface area (Å²) >= 11 is 0. The Morgan fingerprint density at radius 2 is 1.24 bits per heavy atom. The molecule has 3 heteroatoms. The van der Waals surface area contributed by atoms with E-state index >= 15 is 0 Å². The molecule has 0 aliphatic rings. The molecule has 0 heterocycles. The van der Waals surface area contributed by atoms with Crippen molar-refractivity contribution in [3.63, 3.8) is 0 Å². The highest BCUT2D eigenvalue weighted by Crippen LogP contribution is 2.14. The molecule has 3 nitrogen and oxygen atoms in total. The summed E-state index contributed by atoms with van der Waals surface area (Å²) < 4.78 is 0. The van der Waals surface area contributed by atoms with Gasteiger partial charge < -0.3 is 10.2 Å². The number of aliphatic hydroxyl groups is 2. The number of hydrogen-bond donors (Lipinski definition) is 2. The first kappa shape index (κ1) is 20.9. The van der Waals surface area contributed by atoms with Crippen molar-refractivity contribution in [2.75, 3.05) is 19.6 Å². The monoisotopic (exact) mass is 301 g/mol. The van der Waals surface area contributed by atoms with Crippen LogP contribution in [0.15, 0.2) is 0 Å². The van der Waals surface area contributed by atoms with E-state index in [-0.39, 0.29) is 12.2 Å². The van der Waals surface area contributed by atoms with Gasteiger partial charge in [0.05, 0.1) is 12.2 Å². The molecule has 0 saturated carbocycles. The fourth-order valence-electron chi connectivity index (χ4n) is 2.65. The molecule has 0 aliphatic carbocycles. The lowest BCUT2D eigenvalue weighted by Gasteiger charge is -2.29. The van der Waals surface area contributed by atoms with Gasteiger partial charge in [-0.15, -0.1) is 0 Å². The summed E-state index contributed by atoms with van der Waals surface area (Å²) in [7, 11) is 0. The fourth-order valence-corrected chi connectivity index (χ4v) is 2.65. The maximum atomic E-state index is 10.2. The minimum atomic E-state index is -0.271. The van der Waals surface area contributed by atoms with Crippen molar-refractivity contribution in [2.45, 2.75) is 85.4 Å². The van der Waals surface area contributed by atoms with E-state index in [0.29, 0.717) is 24.9 Å². The third kappa shape index (κ3) is 11.1. The summed E-state index contributed by atoms with van der Waals surface area (Å²) in [5, 5.41) is 20.5. The average Bonchev–Trinajstić information content (AvgIpc) is 2.43. The molecule has 0 spiro atoms. The van der Waals surface area contributed by atoms with Gasteiger partial charge in [0.1, 0.15) is 0 Å². The summed E-state index contributed by atoms with van der Waals surface area (Å²) in [4.78, 5) is 2.25. The molecule has 0 radical (unpaired) electrons. The maximum Gasteiger partial charge on any atom is 0.0669 e. The van der Waals surface area contributed by atoms with Gasteiger partial charge in [0.25, 0.3) is 0 Å². The molecule has 0 aromatic heterocycles. The molecule has 0 saturated heterocycles. The largest absolute Gasteiger partial charge is 0.392 e. The molecule has 0 bridgehead atoms. The van der Waals surface area contributed by atoms with Crippen molar-refractivity contribution in [3.8, 4) is 0 Å². The van der Waals surface area contributed by atoms with Crippen molar-refractivity contribution in [1.82, 2.24) is 4.90 Å². The highest BCUT2D eigenvalue weighted by Gasteiger charge is 2.18. The van der Waals surface area contributed by atoms with Crippen LogP contribution >= 0.6 is 0 Å². The van der Waals surface area contributed by atoms with Crippen LogP contribution in [-0.2, 0) is 0 Å². The second kappa shape index (κ2) is 12.4. The van der Waals surface area contributed by atoms with Gasteiger partial charge in [-0.1, -0.05) is 53.9 Å². The van der Waals surface area contributed by atoms with Crippen LogP contribution < -0.4 is 0 Å². The zero-order valence-electron chi connectivity index (χ0n) is 15.0. The SMILES string of the molecule is CCCCN(CC(O)CC(C)CC)CC(O)CC(C)CC. The highest BCUT2D eigenvalue weighted by atomic mass is 16.3. The molecule has 0 aliphatic heterocycles. The third-order valence-corrected chi connectivity index (χ3v) is 4.51. The third-order valence-electron chi connectivity index (χ3n) is 4.51. The normalized spacial score (nSPS) is 17.7. The molecule has 4 atom stereocenters. The molecule has 0 rings (SSSR count). The lowest BCUT2D eigenvalue weighted by Crippen LogP contribution is -2.39. The van der Waals surface area contributed by atoms with Crippen molar-refractivity contribution in [2.24, 2.45) is 11.8 Å². The Labute approximate surface area is 132 Å². The van der Waals surface area contributed by atoms with Crippen LogP contribution in [0.5, 0.6) is 0 Å². The van der Waals surface area contributed by atoms with Gasteiger partial charge in [-0.05, 0) is 37.6 Å². The summed E-state index contributed by atoms with van der Waals surface area (Å²) in [5.41, 5.74) is 0. The lowest BCUT2D eigenvalue weighted by atomic mass is 9.99. The Balaban J connectivity index is 4.29. The molecule has 0 fully saturated rings. The first-order valence-electron chi connectivity index (χ1n) is 9.01. The van der Waals surface area contributed by atoms with E-state index in [1.165, 1.54) is 0 Å². The number of unbranched alkanes of at least 4 members (excludes halogenated alkanes) is 1. The van der Waals surface area contributed by atoms with Gasteiger partial charge in [0.15, 0.2) is 0 Å². The van der Waals surface area contributed by atoms with E-state index in [0.717, 1.165) is 45.1 Å². The molecule has 0 aromatic rings. The summed E-state index contributed by atoms with van der Waals surface area (Å²) in [6.07, 6.45) is 5.69. The van der Waals surface area contributed by atoms with Gasteiger partial charge >= 0.3 is 0 Å². The number of rotatable bonds is 13. The second-order valence-corrected chi connectivity index (χ2v) is 6.92. The van der Waals surface area contributed by atoms with Crippen molar-refractivity contribution >= 4 is 0 Å². The first-order valence-corrected chi connectivity index (χ1v) is 9.01. The van der Waals surface area contributed by atoms with Crippen LogP contribution in [0.1, 0.15) is 73.1 Å². The minimum Gasteiger partial charge on any atom is -0.392 e. The van der Waals surface area contributed by atoms with Crippen LogP contribution in [0, 0.1) is 11.8 Å². The number of aliphatic hydroxyl groups excluding tert-OH is 2. The molecule has 21 heavy (non-hydrogen) atoms. The Morgan fingerprint density at radius 1 is 0.810 bits per heavy atom. The number of hydrogen-bond acceptors (Lipinski definition) is 3. The second-order valence-electron chi connectivity index (χ2n) is 6.92. The average molecular weight is 302 g/mol. The van der Waals surface area contributed by atoms with Gasteiger partial charge in [-0.2, -0.15) is 0 Å². The van der Waals surface area contributed by atoms with E-state index in [1.807, 2.05) is 0 Å². The molecular weight excluding hydrogens is 262 g/mol. The zero-order valence-corrected chi connectivity index (χ0v) is 15.0. The van der Waals surface area contributed by atoms with Crippen LogP contribution in [0.3, 0.4) is 0 Å². The number of nitrogens with zero attached hydrogens (tertiary/aromatic N) is 1. The summed E-state index contributed by atoms with van der Waals surface area (Å²) in [5.74, 6) is 1.14. The predicted octanol–water partition coefficient (Wildman–Crippen LogP) is 3.68. The molecule has 0 aromatic carbocycles. The van der Waals surface area contributed by atoms with E-state index in [4.69, 9.17) is 0 Å². The highest BCUT2D eigenvalue weighted by molar-refractivity contribution is 4.71. The first-order chi connectivity index (χ1) is 9.92. The van der Waals surface area contributed by atoms with Gasteiger partial charge in [-0.3, -0.25) is 4.90 Å². The van der Waals surface area contributed by atoms with Gasteiger partial charge in [0, 0.05) is 13.1 Å². The lowest BCUT2D eigenvalue weighted by molar-refractivity contribution is 0.0505. The quantitative estimate of drug-likeness (QED) is 0.545. The standard InChI is InChI=1S/C18H39NO2/c1-6-9-10-19(13-17(20)11-15(4)7-2)14-18(21)12-16(5)8-3/h15-18,20-21H,6-14H2,1-5H3. The minimum absolute atomic E-state index is 0.271. The Kier molecular flexibility index (Phi) is 12.4. The van der Waals surface area contributed by atoms with Gasteiger partial charge in [0.2, 0.25) is 0 Å². The van der Waals surface area contributed by atoms with E-state index in [2.05, 4.69) is 39.5 Å². The Bertz CT molecular complexity index is 215. The fraction of sp³-hybridized carbons (Fsp3) is 1.00. The molecule has 128 valence electrons. The topological polar surface area (TPSA) is 43.7 Å². The van der Waals surface area contributed by atoms with E-state index in [1.54, 1.807) is 0 Å². The Morgan fingerprint density at radius 3 is 1.57 bits per heavy atom. The van der Waals surface area contributed by atoms with E-state index < -0.39 is 0 Å². The predicted molar refractivity (Wildman–Crippen MR) is 91.5 cm³/mol. The molecule has 4 unspecified atom stereocenters. The summed E-state index contributed by atoms with van der Waals surface area (Å²) in [6.45, 7) is 13.3. The van der Waals surface area contributed by atoms with Crippen LogP contribution in [-0.4, -0.2) is 47.0 Å². The smallest absolute Gasteiger partial charge is 0.0669 e.